The number of carbonyl (C=O) groups excluding carboxylic acids is 1. The number of rotatable bonds is 8. The molecular formula is C31H28FN5O5. The average molecular weight is 570 g/mol. The van der Waals surface area contributed by atoms with Gasteiger partial charge in [-0.1, -0.05) is 12.1 Å². The minimum absolute atomic E-state index is 0.0929. The summed E-state index contributed by atoms with van der Waals surface area (Å²) < 4.78 is 32.1. The highest BCUT2D eigenvalue weighted by atomic mass is 19.1. The molecule has 1 saturated carbocycles. The van der Waals surface area contributed by atoms with Gasteiger partial charge in [0.25, 0.3) is 5.91 Å². The first-order chi connectivity index (χ1) is 20.3. The van der Waals surface area contributed by atoms with Crippen LogP contribution in [0.25, 0.3) is 22.0 Å². The lowest BCUT2D eigenvalue weighted by Crippen LogP contribution is -2.33. The number of nitrogens with one attached hydrogen (secondary N) is 1. The first kappa shape index (κ1) is 28.2. The van der Waals surface area contributed by atoms with Crippen molar-refractivity contribution in [2.45, 2.75) is 25.8 Å². The van der Waals surface area contributed by atoms with Gasteiger partial charge in [-0.05, 0) is 56.3 Å². The summed E-state index contributed by atoms with van der Waals surface area (Å²) in [5, 5.41) is 3.23. The molecule has 2 aromatic heterocycles. The third kappa shape index (κ3) is 6.04. The summed E-state index contributed by atoms with van der Waals surface area (Å²) in [6, 6.07) is 11.0. The van der Waals surface area contributed by atoms with Gasteiger partial charge in [0.05, 0.1) is 25.9 Å². The Morgan fingerprint density at radius 1 is 1.10 bits per heavy atom. The second-order valence-electron chi connectivity index (χ2n) is 9.54. The summed E-state index contributed by atoms with van der Waals surface area (Å²) in [6.45, 7) is 5.16. The molecule has 0 bridgehead atoms. The number of halogens is 1. The number of carbonyl (C=O) groups is 1. The van der Waals surface area contributed by atoms with Crippen LogP contribution >= 0.6 is 0 Å². The van der Waals surface area contributed by atoms with E-state index in [1.54, 1.807) is 51.7 Å². The first-order valence-electron chi connectivity index (χ1n) is 13.0. The van der Waals surface area contributed by atoms with Gasteiger partial charge in [-0.15, -0.1) is 0 Å². The van der Waals surface area contributed by atoms with Crippen molar-refractivity contribution in [2.75, 3.05) is 14.2 Å². The van der Waals surface area contributed by atoms with Crippen LogP contribution in [-0.4, -0.2) is 42.4 Å². The largest absolute Gasteiger partial charge is 0.493 e. The second-order valence-corrected chi connectivity index (χ2v) is 9.54. The number of pyridine rings is 2. The van der Waals surface area contributed by atoms with Crippen LogP contribution in [0.5, 0.6) is 17.2 Å². The molecule has 10 nitrogen and oxygen atoms in total. The van der Waals surface area contributed by atoms with Crippen LogP contribution in [0.2, 0.25) is 0 Å². The van der Waals surface area contributed by atoms with E-state index in [2.05, 4.69) is 27.0 Å². The molecule has 214 valence electrons. The molecule has 0 spiro atoms. The predicted molar refractivity (Wildman–Crippen MR) is 158 cm³/mol. The molecule has 0 aliphatic heterocycles. The molecule has 1 aliphatic carbocycles. The minimum atomic E-state index is -0.697. The van der Waals surface area contributed by atoms with Gasteiger partial charge >= 0.3 is 0 Å². The van der Waals surface area contributed by atoms with E-state index in [9.17, 15) is 14.0 Å². The Morgan fingerprint density at radius 3 is 2.48 bits per heavy atom. The highest BCUT2D eigenvalue weighted by Gasteiger charge is 2.26. The molecule has 2 heterocycles. The van der Waals surface area contributed by atoms with E-state index in [0.29, 0.717) is 45.0 Å². The number of nitrogens with zero attached hydrogens (tertiary/aromatic N) is 4. The van der Waals surface area contributed by atoms with Gasteiger partial charge in [-0.2, -0.15) is 0 Å². The monoisotopic (exact) mass is 569 g/mol. The van der Waals surface area contributed by atoms with Crippen molar-refractivity contribution in [1.29, 1.82) is 0 Å². The van der Waals surface area contributed by atoms with E-state index in [1.807, 2.05) is 4.57 Å². The minimum Gasteiger partial charge on any atom is -0.493 e. The van der Waals surface area contributed by atoms with Crippen LogP contribution in [0.3, 0.4) is 0 Å². The van der Waals surface area contributed by atoms with Crippen molar-refractivity contribution in [3.63, 3.8) is 0 Å². The number of allylic oxidation sites excluding steroid dienone is 1. The zero-order chi connectivity index (χ0) is 29.8. The Morgan fingerprint density at radius 2 is 1.81 bits per heavy atom. The van der Waals surface area contributed by atoms with E-state index in [1.165, 1.54) is 36.7 Å². The topological polar surface area (TPSA) is 116 Å². The quantitative estimate of drug-likeness (QED) is 0.175. The number of amides is 1. The smallest absolute Gasteiger partial charge is 0.263 e. The lowest BCUT2D eigenvalue weighted by atomic mass is 10.0. The van der Waals surface area contributed by atoms with E-state index in [4.69, 9.17) is 14.2 Å². The Hall–Kier alpha value is -5.32. The Bertz CT molecular complexity index is 1790. The summed E-state index contributed by atoms with van der Waals surface area (Å²) in [6.07, 6.45) is 8.06. The van der Waals surface area contributed by atoms with Gasteiger partial charge in [0.2, 0.25) is 11.4 Å². The highest BCUT2D eigenvalue weighted by Crippen LogP contribution is 2.36. The molecule has 42 heavy (non-hydrogen) atoms. The molecule has 2 aromatic carbocycles. The first-order valence-corrected chi connectivity index (χ1v) is 13.0. The molecule has 1 aliphatic rings. The third-order valence-electron chi connectivity index (χ3n) is 6.64. The molecule has 0 radical (unpaired) electrons. The fourth-order valence-corrected chi connectivity index (χ4v) is 4.35. The van der Waals surface area contributed by atoms with Crippen molar-refractivity contribution < 1.29 is 23.4 Å². The zero-order valence-electron chi connectivity index (χ0n) is 23.3. The molecule has 5 rings (SSSR count). The summed E-state index contributed by atoms with van der Waals surface area (Å²) in [5.41, 5.74) is 0.858. The van der Waals surface area contributed by atoms with Crippen LogP contribution in [0.15, 0.2) is 87.8 Å². The SMILES string of the molecule is C=NC(=N/C=C(\C)Oc1ccnc2cc(OC)c(OC)cc12)NC(=O)c1cn(C2CC2)cc(-c2ccc(F)cc2)c1=O. The van der Waals surface area contributed by atoms with E-state index in [0.717, 1.165) is 12.8 Å². The van der Waals surface area contributed by atoms with Gasteiger partial charge in [0, 0.05) is 41.6 Å². The number of hydrogen-bond donors (Lipinski definition) is 1. The number of benzene rings is 2. The van der Waals surface area contributed by atoms with Gasteiger partial charge in [-0.25, -0.2) is 14.4 Å². The van der Waals surface area contributed by atoms with Crippen molar-refractivity contribution in [2.24, 2.45) is 9.98 Å². The Labute approximate surface area is 240 Å². The molecule has 0 atom stereocenters. The van der Waals surface area contributed by atoms with Gasteiger partial charge in [-0.3, -0.25) is 19.9 Å². The number of methoxy groups -OCH3 is 2. The van der Waals surface area contributed by atoms with Crippen LogP contribution in [0, 0.1) is 5.82 Å². The molecule has 4 aromatic rings. The van der Waals surface area contributed by atoms with E-state index < -0.39 is 17.2 Å². The fraction of sp³-hybridized carbons (Fsp3) is 0.194. The molecule has 1 amide bonds. The lowest BCUT2D eigenvalue weighted by molar-refractivity contribution is 0.0975. The molecule has 0 saturated heterocycles. The van der Waals surface area contributed by atoms with Crippen molar-refractivity contribution >= 4 is 29.5 Å². The van der Waals surface area contributed by atoms with Gasteiger partial charge in [0.15, 0.2) is 11.5 Å². The van der Waals surface area contributed by atoms with Crippen LogP contribution in [0.4, 0.5) is 4.39 Å². The fourth-order valence-electron chi connectivity index (χ4n) is 4.35. The molecule has 11 heteroatoms. The van der Waals surface area contributed by atoms with Crippen LogP contribution in [-0.2, 0) is 0 Å². The number of aliphatic imine (C=N–C) groups is 2. The summed E-state index contributed by atoms with van der Waals surface area (Å²) in [7, 11) is 3.09. The normalized spacial score (nSPS) is 13.5. The van der Waals surface area contributed by atoms with E-state index >= 15 is 0 Å². The van der Waals surface area contributed by atoms with Gasteiger partial charge in [0.1, 0.15) is 22.9 Å². The number of fused-ring (bicyclic) bond motifs is 1. The average Bonchev–Trinajstić information content (AvgIpc) is 3.85. The molecule has 1 fully saturated rings. The van der Waals surface area contributed by atoms with Crippen LogP contribution < -0.4 is 25.0 Å². The second kappa shape index (κ2) is 12.0. The maximum atomic E-state index is 13.5. The molecule has 0 unspecified atom stereocenters. The van der Waals surface area contributed by atoms with Crippen molar-refractivity contribution in [3.8, 4) is 28.4 Å². The molecular weight excluding hydrogens is 541 g/mol. The summed E-state index contributed by atoms with van der Waals surface area (Å²) >= 11 is 0. The van der Waals surface area contributed by atoms with Gasteiger partial charge < -0.3 is 18.8 Å². The molecule has 1 N–H and O–H groups in total. The number of hydrogen-bond acceptors (Lipinski definition) is 7. The highest BCUT2D eigenvalue weighted by molar-refractivity contribution is 6.07. The maximum Gasteiger partial charge on any atom is 0.263 e. The van der Waals surface area contributed by atoms with E-state index in [-0.39, 0.29) is 17.6 Å². The maximum absolute atomic E-state index is 13.5. The standard InChI is InChI=1S/C31H28FN5O5/c1-18(42-26-11-12-34-25-14-28(41-4)27(40-3)13-22(25)26)15-35-31(33-2)36-30(39)24-17-37(21-9-10-21)16-23(29(24)38)19-5-7-20(32)8-6-19/h5-8,11-17,21H,2,9-10H2,1,3-4H3,(H,35,36,39)/b18-15+. The van der Waals surface area contributed by atoms with Crippen LogP contribution in [0.1, 0.15) is 36.2 Å². The third-order valence-corrected chi connectivity index (χ3v) is 6.64. The van der Waals surface area contributed by atoms with Crippen molar-refractivity contribution in [1.82, 2.24) is 14.9 Å². The Balaban J connectivity index is 1.39. The van der Waals surface area contributed by atoms with Crippen molar-refractivity contribution in [3.05, 3.63) is 94.6 Å². The zero-order valence-corrected chi connectivity index (χ0v) is 23.3. The number of aromatic nitrogens is 2. The lowest BCUT2D eigenvalue weighted by Gasteiger charge is -2.12. The summed E-state index contributed by atoms with van der Waals surface area (Å²) in [5.74, 6) is 0.694. The number of ether oxygens (including phenoxy) is 3. The predicted octanol–water partition coefficient (Wildman–Crippen LogP) is 5.28. The Kier molecular flexibility index (Phi) is 8.09. The summed E-state index contributed by atoms with van der Waals surface area (Å²) in [4.78, 5) is 38.9. The number of guanidine groups is 1.